The molecule has 0 aromatic carbocycles. The molecule has 0 saturated heterocycles. The number of nitrogens with two attached hydrogens (primary N) is 1. The van der Waals surface area contributed by atoms with E-state index in [1.807, 2.05) is 44.8 Å². The number of carbonyl (C=O) groups excluding carboxylic acids is 1. The molecule has 0 radical (unpaired) electrons. The van der Waals surface area contributed by atoms with Gasteiger partial charge in [-0.1, -0.05) is 12.8 Å². The van der Waals surface area contributed by atoms with Gasteiger partial charge in [0.05, 0.1) is 17.3 Å². The van der Waals surface area contributed by atoms with E-state index in [0.717, 1.165) is 58.5 Å². The van der Waals surface area contributed by atoms with Crippen molar-refractivity contribution < 1.29 is 4.79 Å². The Balaban J connectivity index is 1.42. The van der Waals surface area contributed by atoms with Crippen LogP contribution in [0.3, 0.4) is 0 Å². The van der Waals surface area contributed by atoms with E-state index in [2.05, 4.69) is 20.5 Å². The molecule has 0 bridgehead atoms. The number of thiophene rings is 1. The maximum absolute atomic E-state index is 12.9. The molecular formula is C22H25N7OS. The molecule has 1 fully saturated rings. The summed E-state index contributed by atoms with van der Waals surface area (Å²) in [6.07, 6.45) is 13.5. The quantitative estimate of drug-likeness (QED) is 0.512. The molecule has 4 aromatic rings. The number of hydrogen-bond acceptors (Lipinski definition) is 6. The summed E-state index contributed by atoms with van der Waals surface area (Å²) in [7, 11) is 1.89. The number of rotatable bonds is 4. The number of aromatic nitrogens is 5. The molecule has 2 atom stereocenters. The highest BCUT2D eigenvalue weighted by molar-refractivity contribution is 7.14. The lowest BCUT2D eigenvalue weighted by Crippen LogP contribution is -2.49. The van der Waals surface area contributed by atoms with Crippen LogP contribution in [0.15, 0.2) is 37.1 Å². The Morgan fingerprint density at radius 2 is 1.94 bits per heavy atom. The monoisotopic (exact) mass is 435 g/mol. The van der Waals surface area contributed by atoms with Crippen LogP contribution in [0.1, 0.15) is 40.2 Å². The largest absolute Gasteiger partial charge is 0.347 e. The van der Waals surface area contributed by atoms with Gasteiger partial charge >= 0.3 is 0 Å². The first-order valence-corrected chi connectivity index (χ1v) is 11.3. The van der Waals surface area contributed by atoms with E-state index < -0.39 is 0 Å². The van der Waals surface area contributed by atoms with Crippen LogP contribution in [0.2, 0.25) is 0 Å². The number of fused-ring (bicyclic) bond motifs is 1. The molecule has 0 aliphatic heterocycles. The number of aryl methyl sites for hydroxylation is 2. The van der Waals surface area contributed by atoms with Gasteiger partial charge in [0.25, 0.3) is 5.91 Å². The molecule has 0 spiro atoms. The summed E-state index contributed by atoms with van der Waals surface area (Å²) in [6, 6.07) is 2.03. The summed E-state index contributed by atoms with van der Waals surface area (Å²) in [6.45, 7) is 2.02. The molecular weight excluding hydrogens is 410 g/mol. The predicted octanol–water partition coefficient (Wildman–Crippen LogP) is 3.17. The molecule has 3 N–H and O–H groups in total. The Bertz CT molecular complexity index is 1250. The fraction of sp³-hybridized carbons (Fsp3) is 0.364. The average molecular weight is 436 g/mol. The summed E-state index contributed by atoms with van der Waals surface area (Å²) < 4.78 is 3.53. The molecule has 1 unspecified atom stereocenters. The van der Waals surface area contributed by atoms with Crippen LogP contribution >= 0.6 is 11.3 Å². The summed E-state index contributed by atoms with van der Waals surface area (Å²) in [4.78, 5) is 19.3. The fourth-order valence-corrected chi connectivity index (χ4v) is 5.16. The van der Waals surface area contributed by atoms with Gasteiger partial charge < -0.3 is 11.1 Å². The number of carbonyl (C=O) groups is 1. The van der Waals surface area contributed by atoms with Crippen LogP contribution in [0.4, 0.5) is 0 Å². The van der Waals surface area contributed by atoms with Gasteiger partial charge in [0, 0.05) is 64.9 Å². The minimum absolute atomic E-state index is 0.0380. The standard InChI is InChI=1S/C22H25N7OS/c1-13-16(7-20(31-13)22(30)27-19-6-4-3-5-18(19)23)17-10-26-29-12-14(8-24-21(17)29)15-9-25-28(2)11-15/h7-12,18-19H,3-6,23H2,1-2H3,(H,27,30)/t18-,19?/m0/s1. The zero-order valence-electron chi connectivity index (χ0n) is 17.6. The molecule has 1 amide bonds. The van der Waals surface area contributed by atoms with E-state index in [1.54, 1.807) is 15.4 Å². The Labute approximate surface area is 184 Å². The van der Waals surface area contributed by atoms with Crippen LogP contribution in [-0.2, 0) is 7.05 Å². The lowest BCUT2D eigenvalue weighted by Gasteiger charge is -2.29. The summed E-state index contributed by atoms with van der Waals surface area (Å²) in [5, 5.41) is 11.9. The maximum atomic E-state index is 12.9. The third-order valence-corrected chi connectivity index (χ3v) is 7.01. The van der Waals surface area contributed by atoms with Crippen LogP contribution in [0.25, 0.3) is 27.9 Å². The van der Waals surface area contributed by atoms with E-state index >= 15 is 0 Å². The summed E-state index contributed by atoms with van der Waals surface area (Å²) in [5.41, 5.74) is 10.8. The Kier molecular flexibility index (Phi) is 5.07. The Morgan fingerprint density at radius 3 is 2.71 bits per heavy atom. The highest BCUT2D eigenvalue weighted by Gasteiger charge is 2.25. The van der Waals surface area contributed by atoms with E-state index in [4.69, 9.17) is 5.73 Å². The molecule has 31 heavy (non-hydrogen) atoms. The average Bonchev–Trinajstić information content (AvgIpc) is 3.47. The molecule has 1 aliphatic carbocycles. The zero-order chi connectivity index (χ0) is 21.5. The molecule has 1 aliphatic rings. The number of amides is 1. The number of nitrogens with zero attached hydrogens (tertiary/aromatic N) is 5. The summed E-state index contributed by atoms with van der Waals surface area (Å²) in [5.74, 6) is -0.0509. The van der Waals surface area contributed by atoms with Crippen LogP contribution in [-0.4, -0.2) is 42.4 Å². The first-order valence-electron chi connectivity index (χ1n) is 10.5. The Morgan fingerprint density at radius 1 is 1.13 bits per heavy atom. The van der Waals surface area contributed by atoms with E-state index in [-0.39, 0.29) is 18.0 Å². The molecule has 9 heteroatoms. The maximum Gasteiger partial charge on any atom is 0.261 e. The van der Waals surface area contributed by atoms with Gasteiger partial charge in [-0.05, 0) is 25.8 Å². The van der Waals surface area contributed by atoms with Crippen molar-refractivity contribution in [2.24, 2.45) is 12.8 Å². The van der Waals surface area contributed by atoms with Crippen molar-refractivity contribution >= 4 is 22.9 Å². The van der Waals surface area contributed by atoms with Crippen molar-refractivity contribution in [3.63, 3.8) is 0 Å². The SMILES string of the molecule is Cc1sc(C(=O)NC2CCCC[C@@H]2N)cc1-c1cnn2cc(-c3cnn(C)c3)cnc12. The van der Waals surface area contributed by atoms with E-state index in [0.29, 0.717) is 4.88 Å². The van der Waals surface area contributed by atoms with Crippen molar-refractivity contribution in [1.82, 2.24) is 29.7 Å². The van der Waals surface area contributed by atoms with Gasteiger partial charge in [-0.15, -0.1) is 11.3 Å². The first kappa shape index (κ1) is 19.9. The lowest BCUT2D eigenvalue weighted by atomic mass is 9.91. The number of hydrogen-bond donors (Lipinski definition) is 2. The van der Waals surface area contributed by atoms with Crippen LogP contribution in [0, 0.1) is 6.92 Å². The van der Waals surface area contributed by atoms with E-state index in [9.17, 15) is 4.79 Å². The molecule has 1 saturated carbocycles. The highest BCUT2D eigenvalue weighted by Crippen LogP contribution is 2.33. The van der Waals surface area contributed by atoms with Crippen molar-refractivity contribution in [2.75, 3.05) is 0 Å². The van der Waals surface area contributed by atoms with Gasteiger partial charge in [-0.25, -0.2) is 9.50 Å². The topological polar surface area (TPSA) is 103 Å². The third kappa shape index (κ3) is 3.75. The van der Waals surface area contributed by atoms with Gasteiger partial charge in [0.1, 0.15) is 0 Å². The van der Waals surface area contributed by atoms with Gasteiger partial charge in [-0.2, -0.15) is 10.2 Å². The van der Waals surface area contributed by atoms with Gasteiger partial charge in [-0.3, -0.25) is 9.48 Å². The second kappa shape index (κ2) is 7.90. The zero-order valence-corrected chi connectivity index (χ0v) is 18.4. The molecule has 160 valence electrons. The summed E-state index contributed by atoms with van der Waals surface area (Å²) >= 11 is 1.49. The van der Waals surface area contributed by atoms with Crippen LogP contribution in [0.5, 0.6) is 0 Å². The van der Waals surface area contributed by atoms with Gasteiger partial charge in [0.15, 0.2) is 5.65 Å². The van der Waals surface area contributed by atoms with Crippen molar-refractivity contribution in [3.05, 3.63) is 46.8 Å². The molecule has 4 aromatic heterocycles. The molecule has 8 nitrogen and oxygen atoms in total. The van der Waals surface area contributed by atoms with Crippen LogP contribution < -0.4 is 11.1 Å². The molecule has 4 heterocycles. The second-order valence-electron chi connectivity index (χ2n) is 8.18. The van der Waals surface area contributed by atoms with Crippen molar-refractivity contribution in [2.45, 2.75) is 44.7 Å². The predicted molar refractivity (Wildman–Crippen MR) is 121 cm³/mol. The highest BCUT2D eigenvalue weighted by atomic mass is 32.1. The normalized spacial score (nSPS) is 19.1. The number of nitrogens with one attached hydrogen (secondary N) is 1. The minimum atomic E-state index is -0.0509. The Hall–Kier alpha value is -3.04. The first-order chi connectivity index (χ1) is 15.0. The lowest BCUT2D eigenvalue weighted by molar-refractivity contribution is 0.0925. The van der Waals surface area contributed by atoms with Crippen molar-refractivity contribution in [1.29, 1.82) is 0 Å². The third-order valence-electron chi connectivity index (χ3n) is 5.96. The fourth-order valence-electron chi connectivity index (χ4n) is 4.22. The van der Waals surface area contributed by atoms with Crippen molar-refractivity contribution in [3.8, 4) is 22.3 Å². The van der Waals surface area contributed by atoms with E-state index in [1.165, 1.54) is 11.3 Å². The smallest absolute Gasteiger partial charge is 0.261 e. The second-order valence-corrected chi connectivity index (χ2v) is 9.44. The van der Waals surface area contributed by atoms with Gasteiger partial charge in [0.2, 0.25) is 0 Å². The molecule has 5 rings (SSSR count). The minimum Gasteiger partial charge on any atom is -0.347 e.